The van der Waals surface area contributed by atoms with Crippen LogP contribution < -0.4 is 30.2 Å². The van der Waals surface area contributed by atoms with Crippen LogP contribution in [0.4, 0.5) is 0 Å². The normalized spacial score (nSPS) is 16.1. The maximum absolute atomic E-state index is 13.8. The third-order valence-corrected chi connectivity index (χ3v) is 5.92. The van der Waals surface area contributed by atoms with Crippen LogP contribution in [0, 0.1) is 18.3 Å². The Bertz CT molecular complexity index is 1380. The number of nitrogens with zero attached hydrogens (tertiary/aromatic N) is 2. The van der Waals surface area contributed by atoms with Gasteiger partial charge in [0.1, 0.15) is 23.1 Å². The second-order valence-electron chi connectivity index (χ2n) is 7.84. The molecule has 1 unspecified atom stereocenters. The third kappa shape index (κ3) is 3.44. The fourth-order valence-electron chi connectivity index (χ4n) is 4.22. The maximum Gasteiger partial charge on any atom is 0.259 e. The zero-order valence-corrected chi connectivity index (χ0v) is 18.1. The van der Waals surface area contributed by atoms with E-state index in [4.69, 9.17) is 24.7 Å². The molecule has 2 N–H and O–H groups in total. The molecule has 0 bridgehead atoms. The SMILES string of the molecule is COc1ccc(Cn2c(C)cc3c(c2=O)C(c2ccc4c(c2)OCO4)C(C#N)=C(N)O3)cc1. The predicted molar refractivity (Wildman–Crippen MR) is 119 cm³/mol. The van der Waals surface area contributed by atoms with Gasteiger partial charge < -0.3 is 29.2 Å². The molecule has 0 spiro atoms. The van der Waals surface area contributed by atoms with E-state index in [9.17, 15) is 10.1 Å². The standard InChI is InChI=1S/C25H21N3O5/c1-14-9-21-23(25(29)28(14)12-15-3-6-17(30-2)7-4-15)22(18(11-26)24(27)33-21)16-5-8-19-20(10-16)32-13-31-19/h3-10,22H,12-13,27H2,1-2H3. The summed E-state index contributed by atoms with van der Waals surface area (Å²) in [4.78, 5) is 13.8. The molecule has 0 amide bonds. The zero-order chi connectivity index (χ0) is 23.1. The molecule has 2 aliphatic heterocycles. The maximum atomic E-state index is 13.8. The predicted octanol–water partition coefficient (Wildman–Crippen LogP) is 3.16. The van der Waals surface area contributed by atoms with Crippen LogP contribution in [0.5, 0.6) is 23.0 Å². The first kappa shape index (κ1) is 20.5. The molecule has 2 aliphatic rings. The number of ether oxygens (including phenoxy) is 4. The number of fused-ring (bicyclic) bond motifs is 2. The van der Waals surface area contributed by atoms with E-state index in [0.29, 0.717) is 40.6 Å². The van der Waals surface area contributed by atoms with E-state index in [2.05, 4.69) is 6.07 Å². The number of methoxy groups -OCH3 is 1. The second-order valence-corrected chi connectivity index (χ2v) is 7.84. The van der Waals surface area contributed by atoms with Crippen LogP contribution in [-0.2, 0) is 6.54 Å². The van der Waals surface area contributed by atoms with Crippen molar-refractivity contribution in [2.24, 2.45) is 5.73 Å². The van der Waals surface area contributed by atoms with Gasteiger partial charge in [-0.3, -0.25) is 4.79 Å². The number of hydrogen-bond donors (Lipinski definition) is 1. The molecular weight excluding hydrogens is 422 g/mol. The monoisotopic (exact) mass is 443 g/mol. The Morgan fingerprint density at radius 3 is 2.61 bits per heavy atom. The molecule has 2 aromatic carbocycles. The fraction of sp³-hybridized carbons (Fsp3) is 0.200. The average Bonchev–Trinajstić information content (AvgIpc) is 3.29. The molecule has 0 aliphatic carbocycles. The van der Waals surface area contributed by atoms with Crippen LogP contribution >= 0.6 is 0 Å². The first-order chi connectivity index (χ1) is 16.0. The first-order valence-corrected chi connectivity index (χ1v) is 10.3. The van der Waals surface area contributed by atoms with Crippen LogP contribution in [-0.4, -0.2) is 18.5 Å². The minimum absolute atomic E-state index is 0.0145. The first-order valence-electron chi connectivity index (χ1n) is 10.3. The number of nitriles is 1. The lowest BCUT2D eigenvalue weighted by Crippen LogP contribution is -2.33. The van der Waals surface area contributed by atoms with Gasteiger partial charge in [-0.15, -0.1) is 0 Å². The van der Waals surface area contributed by atoms with E-state index in [-0.39, 0.29) is 23.8 Å². The summed E-state index contributed by atoms with van der Waals surface area (Å²) in [6.07, 6.45) is 0. The number of nitrogens with two attached hydrogens (primary N) is 1. The van der Waals surface area contributed by atoms with Crippen molar-refractivity contribution in [3.63, 3.8) is 0 Å². The molecule has 0 fully saturated rings. The number of pyridine rings is 1. The van der Waals surface area contributed by atoms with Gasteiger partial charge in [0.25, 0.3) is 5.56 Å². The number of rotatable bonds is 4. The van der Waals surface area contributed by atoms with Crippen LogP contribution in [0.15, 0.2) is 64.8 Å². The van der Waals surface area contributed by atoms with Crippen molar-refractivity contribution in [2.75, 3.05) is 13.9 Å². The second kappa shape index (κ2) is 7.95. The Morgan fingerprint density at radius 1 is 1.12 bits per heavy atom. The topological polar surface area (TPSA) is 109 Å². The third-order valence-electron chi connectivity index (χ3n) is 5.92. The Labute approximate surface area is 190 Å². The Hall–Kier alpha value is -4.38. The Balaban J connectivity index is 1.65. The number of allylic oxidation sites excluding steroid dienone is 1. The van der Waals surface area contributed by atoms with Crippen LogP contribution in [0.3, 0.4) is 0 Å². The molecule has 3 aromatic rings. The van der Waals surface area contributed by atoms with E-state index in [1.807, 2.05) is 37.3 Å². The summed E-state index contributed by atoms with van der Waals surface area (Å²) in [5, 5.41) is 9.87. The van der Waals surface area contributed by atoms with Gasteiger partial charge in [0.05, 0.1) is 25.1 Å². The Kier molecular flexibility index (Phi) is 4.94. The fourth-order valence-corrected chi connectivity index (χ4v) is 4.22. The quantitative estimate of drug-likeness (QED) is 0.660. The molecular formula is C25H21N3O5. The molecule has 0 radical (unpaired) electrons. The van der Waals surface area contributed by atoms with Crippen LogP contribution in [0.25, 0.3) is 0 Å². The summed E-state index contributed by atoms with van der Waals surface area (Å²) in [7, 11) is 1.61. The molecule has 33 heavy (non-hydrogen) atoms. The van der Waals surface area contributed by atoms with Crippen molar-refractivity contribution in [3.05, 3.63) is 92.7 Å². The lowest BCUT2D eigenvalue weighted by Gasteiger charge is -2.27. The van der Waals surface area contributed by atoms with Crippen LogP contribution in [0.2, 0.25) is 0 Å². The van der Waals surface area contributed by atoms with E-state index < -0.39 is 5.92 Å². The summed E-state index contributed by atoms with van der Waals surface area (Å²) in [5.41, 5.74) is 8.73. The number of aryl methyl sites for hydroxylation is 1. The van der Waals surface area contributed by atoms with Crippen molar-refractivity contribution in [1.29, 1.82) is 5.26 Å². The van der Waals surface area contributed by atoms with Gasteiger partial charge in [0, 0.05) is 11.8 Å². The van der Waals surface area contributed by atoms with Crippen molar-refractivity contribution in [2.45, 2.75) is 19.4 Å². The van der Waals surface area contributed by atoms with E-state index >= 15 is 0 Å². The van der Waals surface area contributed by atoms with Gasteiger partial charge in [-0.05, 0) is 42.3 Å². The lowest BCUT2D eigenvalue weighted by atomic mass is 9.84. The molecule has 8 nitrogen and oxygen atoms in total. The lowest BCUT2D eigenvalue weighted by molar-refractivity contribution is 0.174. The van der Waals surface area contributed by atoms with Crippen molar-refractivity contribution in [1.82, 2.24) is 4.57 Å². The van der Waals surface area contributed by atoms with Gasteiger partial charge in [-0.2, -0.15) is 5.26 Å². The largest absolute Gasteiger partial charge is 0.497 e. The molecule has 5 rings (SSSR count). The molecule has 3 heterocycles. The highest BCUT2D eigenvalue weighted by Gasteiger charge is 2.35. The smallest absolute Gasteiger partial charge is 0.259 e. The van der Waals surface area contributed by atoms with Gasteiger partial charge in [-0.1, -0.05) is 18.2 Å². The molecule has 0 saturated carbocycles. The summed E-state index contributed by atoms with van der Waals surface area (Å²) in [5.74, 6) is 1.55. The average molecular weight is 443 g/mol. The van der Waals surface area contributed by atoms with E-state index in [0.717, 1.165) is 11.3 Å². The Morgan fingerprint density at radius 2 is 1.88 bits per heavy atom. The van der Waals surface area contributed by atoms with Crippen molar-refractivity contribution < 1.29 is 18.9 Å². The number of hydrogen-bond acceptors (Lipinski definition) is 7. The highest BCUT2D eigenvalue weighted by atomic mass is 16.7. The summed E-state index contributed by atoms with van der Waals surface area (Å²) >= 11 is 0. The zero-order valence-electron chi connectivity index (χ0n) is 18.1. The highest BCUT2D eigenvalue weighted by molar-refractivity contribution is 5.58. The van der Waals surface area contributed by atoms with Gasteiger partial charge in [0.15, 0.2) is 11.5 Å². The van der Waals surface area contributed by atoms with Gasteiger partial charge in [0.2, 0.25) is 12.7 Å². The van der Waals surface area contributed by atoms with E-state index in [1.165, 1.54) is 0 Å². The van der Waals surface area contributed by atoms with Crippen molar-refractivity contribution >= 4 is 0 Å². The molecule has 1 atom stereocenters. The highest BCUT2D eigenvalue weighted by Crippen LogP contribution is 2.43. The number of aromatic nitrogens is 1. The van der Waals surface area contributed by atoms with Gasteiger partial charge in [-0.25, -0.2) is 0 Å². The minimum Gasteiger partial charge on any atom is -0.497 e. The summed E-state index contributed by atoms with van der Waals surface area (Å²) < 4.78 is 23.5. The molecule has 8 heteroatoms. The van der Waals surface area contributed by atoms with Crippen LogP contribution in [0.1, 0.15) is 28.3 Å². The molecule has 166 valence electrons. The minimum atomic E-state index is -0.691. The summed E-state index contributed by atoms with van der Waals surface area (Å²) in [6.45, 7) is 2.32. The molecule has 1 aromatic heterocycles. The van der Waals surface area contributed by atoms with Crippen molar-refractivity contribution in [3.8, 4) is 29.1 Å². The number of benzene rings is 2. The van der Waals surface area contributed by atoms with Gasteiger partial charge >= 0.3 is 0 Å². The van der Waals surface area contributed by atoms with E-state index in [1.54, 1.807) is 29.9 Å². The summed E-state index contributed by atoms with van der Waals surface area (Å²) in [6, 6.07) is 16.8. The molecule has 0 saturated heterocycles.